The third kappa shape index (κ3) is 1.48. The smallest absolute Gasteiger partial charge is 0.310 e. The second-order valence-electron chi connectivity index (χ2n) is 6.49. The lowest BCUT2D eigenvalue weighted by molar-refractivity contribution is -0.249. The normalized spacial score (nSPS) is 34.4. The maximum atomic E-state index is 11.8. The van der Waals surface area contributed by atoms with E-state index in [0.717, 1.165) is 32.4 Å². The molecule has 18 heavy (non-hydrogen) atoms. The van der Waals surface area contributed by atoms with E-state index in [9.17, 15) is 9.90 Å². The number of aliphatic carboxylic acids is 1. The number of carboxylic acids is 1. The lowest BCUT2D eigenvalue weighted by Crippen LogP contribution is -2.66. The molecule has 1 N–H and O–H groups in total. The zero-order chi connectivity index (χ0) is 12.8. The predicted molar refractivity (Wildman–Crippen MR) is 67.4 cm³/mol. The molecular formula is C14H23NO3. The molecule has 102 valence electrons. The Labute approximate surface area is 108 Å². The van der Waals surface area contributed by atoms with Crippen LogP contribution in [0.25, 0.3) is 0 Å². The lowest BCUT2D eigenvalue weighted by Gasteiger charge is -2.61. The molecule has 0 amide bonds. The zero-order valence-corrected chi connectivity index (χ0v) is 11.2. The molecule has 0 radical (unpaired) electrons. The molecule has 4 nitrogen and oxygen atoms in total. The van der Waals surface area contributed by atoms with Crippen molar-refractivity contribution >= 4 is 5.97 Å². The van der Waals surface area contributed by atoms with Crippen molar-refractivity contribution in [1.29, 1.82) is 0 Å². The van der Waals surface area contributed by atoms with Gasteiger partial charge in [-0.05, 0) is 45.2 Å². The van der Waals surface area contributed by atoms with E-state index in [1.54, 1.807) is 0 Å². The first-order valence-electron chi connectivity index (χ1n) is 7.10. The highest BCUT2D eigenvalue weighted by molar-refractivity contribution is 5.77. The molecule has 3 fully saturated rings. The molecule has 1 atom stereocenters. The quantitative estimate of drug-likeness (QED) is 0.830. The Kier molecular flexibility index (Phi) is 2.90. The van der Waals surface area contributed by atoms with E-state index in [1.165, 1.54) is 12.8 Å². The highest BCUT2D eigenvalue weighted by Crippen LogP contribution is 2.62. The first-order valence-corrected chi connectivity index (χ1v) is 7.10. The average molecular weight is 253 g/mol. The fourth-order valence-electron chi connectivity index (χ4n) is 4.30. The van der Waals surface area contributed by atoms with Gasteiger partial charge in [-0.2, -0.15) is 0 Å². The zero-order valence-electron chi connectivity index (χ0n) is 11.2. The van der Waals surface area contributed by atoms with E-state index >= 15 is 0 Å². The summed E-state index contributed by atoms with van der Waals surface area (Å²) in [7, 11) is 2.15. The van der Waals surface area contributed by atoms with Gasteiger partial charge in [-0.15, -0.1) is 0 Å². The first kappa shape index (κ1) is 12.4. The molecule has 0 spiro atoms. The molecule has 3 aliphatic rings. The van der Waals surface area contributed by atoms with Crippen LogP contribution in [0.3, 0.4) is 0 Å². The molecule has 1 saturated carbocycles. The number of hydrogen-bond acceptors (Lipinski definition) is 3. The van der Waals surface area contributed by atoms with Crippen LogP contribution in [0, 0.1) is 16.7 Å². The molecule has 2 aliphatic heterocycles. The van der Waals surface area contributed by atoms with Gasteiger partial charge in [0.2, 0.25) is 0 Å². The van der Waals surface area contributed by atoms with Crippen molar-refractivity contribution in [2.75, 3.05) is 33.4 Å². The van der Waals surface area contributed by atoms with Crippen LogP contribution in [0.2, 0.25) is 0 Å². The summed E-state index contributed by atoms with van der Waals surface area (Å²) in [6.07, 6.45) is 5.13. The number of piperidine rings is 1. The van der Waals surface area contributed by atoms with Gasteiger partial charge >= 0.3 is 5.97 Å². The molecular weight excluding hydrogens is 230 g/mol. The van der Waals surface area contributed by atoms with Gasteiger partial charge < -0.3 is 14.7 Å². The van der Waals surface area contributed by atoms with Crippen LogP contribution in [0.15, 0.2) is 0 Å². The summed E-state index contributed by atoms with van der Waals surface area (Å²) in [6.45, 7) is 3.52. The predicted octanol–water partition coefficient (Wildman–Crippen LogP) is 1.60. The SMILES string of the molecule is CN1CCCC(C2(C3(C(=O)O)CCC3)COC2)C1. The summed E-state index contributed by atoms with van der Waals surface area (Å²) in [5.41, 5.74) is -0.556. The van der Waals surface area contributed by atoms with Gasteiger partial charge in [-0.1, -0.05) is 6.42 Å². The maximum Gasteiger partial charge on any atom is 0.310 e. The van der Waals surface area contributed by atoms with Crippen LogP contribution in [0.5, 0.6) is 0 Å². The molecule has 2 saturated heterocycles. The topological polar surface area (TPSA) is 49.8 Å². The van der Waals surface area contributed by atoms with Crippen molar-refractivity contribution in [2.45, 2.75) is 32.1 Å². The number of likely N-dealkylation sites (tertiary alicyclic amines) is 1. The maximum absolute atomic E-state index is 11.8. The highest BCUT2D eigenvalue weighted by atomic mass is 16.5. The van der Waals surface area contributed by atoms with Gasteiger partial charge in [-0.3, -0.25) is 4.79 Å². The van der Waals surface area contributed by atoms with E-state index in [0.29, 0.717) is 19.1 Å². The first-order chi connectivity index (χ1) is 8.61. The van der Waals surface area contributed by atoms with Crippen molar-refractivity contribution < 1.29 is 14.6 Å². The van der Waals surface area contributed by atoms with Crippen molar-refractivity contribution in [3.05, 3.63) is 0 Å². The number of nitrogens with zero attached hydrogens (tertiary/aromatic N) is 1. The molecule has 0 aromatic carbocycles. The molecule has 1 aliphatic carbocycles. The Hall–Kier alpha value is -0.610. The van der Waals surface area contributed by atoms with E-state index in [4.69, 9.17) is 4.74 Å². The third-order valence-corrected chi connectivity index (χ3v) is 5.69. The van der Waals surface area contributed by atoms with Crippen LogP contribution in [-0.4, -0.2) is 49.3 Å². The molecule has 2 heterocycles. The van der Waals surface area contributed by atoms with Crippen LogP contribution in [0.1, 0.15) is 32.1 Å². The summed E-state index contributed by atoms with van der Waals surface area (Å²) in [5, 5.41) is 9.71. The Morgan fingerprint density at radius 2 is 2.06 bits per heavy atom. The average Bonchev–Trinajstić information content (AvgIpc) is 2.19. The van der Waals surface area contributed by atoms with Crippen molar-refractivity contribution in [2.24, 2.45) is 16.7 Å². The number of carboxylic acid groups (broad SMARTS) is 1. The Morgan fingerprint density at radius 1 is 1.33 bits per heavy atom. The summed E-state index contributed by atoms with van der Waals surface area (Å²) < 4.78 is 5.48. The minimum atomic E-state index is -0.578. The third-order valence-electron chi connectivity index (χ3n) is 5.69. The Morgan fingerprint density at radius 3 is 2.44 bits per heavy atom. The second-order valence-corrected chi connectivity index (χ2v) is 6.49. The molecule has 4 heteroatoms. The standard InChI is InChI=1S/C14H23NO3/c1-15-7-2-4-11(8-15)14(9-18-10-14)13(12(16)17)5-3-6-13/h11H,2-10H2,1H3,(H,16,17). The van der Waals surface area contributed by atoms with Crippen LogP contribution < -0.4 is 0 Å². The minimum absolute atomic E-state index is 0.0776. The Balaban J connectivity index is 1.87. The van der Waals surface area contributed by atoms with Gasteiger partial charge in [0, 0.05) is 12.0 Å². The van der Waals surface area contributed by atoms with Crippen molar-refractivity contribution in [1.82, 2.24) is 4.90 Å². The van der Waals surface area contributed by atoms with Crippen molar-refractivity contribution in [3.63, 3.8) is 0 Å². The second kappa shape index (κ2) is 4.20. The number of hydrogen-bond donors (Lipinski definition) is 1. The summed E-state index contributed by atoms with van der Waals surface area (Å²) in [5.74, 6) is -0.0772. The van der Waals surface area contributed by atoms with Crippen LogP contribution >= 0.6 is 0 Å². The lowest BCUT2D eigenvalue weighted by atomic mass is 9.47. The van der Waals surface area contributed by atoms with Crippen molar-refractivity contribution in [3.8, 4) is 0 Å². The monoisotopic (exact) mass is 253 g/mol. The molecule has 0 aromatic heterocycles. The van der Waals surface area contributed by atoms with Crippen LogP contribution in [-0.2, 0) is 9.53 Å². The molecule has 0 aromatic rings. The molecule has 3 rings (SSSR count). The number of carbonyl (C=O) groups is 1. The summed E-state index contributed by atoms with van der Waals surface area (Å²) in [6, 6.07) is 0. The number of rotatable bonds is 3. The minimum Gasteiger partial charge on any atom is -0.481 e. The van der Waals surface area contributed by atoms with Gasteiger partial charge in [-0.25, -0.2) is 0 Å². The number of ether oxygens (including phenoxy) is 1. The molecule has 0 bridgehead atoms. The van der Waals surface area contributed by atoms with Gasteiger partial charge in [0.15, 0.2) is 0 Å². The molecule has 1 unspecified atom stereocenters. The summed E-state index contributed by atoms with van der Waals surface area (Å²) >= 11 is 0. The fourth-order valence-corrected chi connectivity index (χ4v) is 4.30. The largest absolute Gasteiger partial charge is 0.481 e. The van der Waals surface area contributed by atoms with Gasteiger partial charge in [0.25, 0.3) is 0 Å². The van der Waals surface area contributed by atoms with E-state index in [-0.39, 0.29) is 5.41 Å². The fraction of sp³-hybridized carbons (Fsp3) is 0.929. The van der Waals surface area contributed by atoms with Gasteiger partial charge in [0.05, 0.1) is 18.6 Å². The summed E-state index contributed by atoms with van der Waals surface area (Å²) in [4.78, 5) is 14.1. The van der Waals surface area contributed by atoms with E-state index < -0.39 is 11.4 Å². The van der Waals surface area contributed by atoms with Crippen LogP contribution in [0.4, 0.5) is 0 Å². The van der Waals surface area contributed by atoms with Gasteiger partial charge in [0.1, 0.15) is 0 Å². The van der Waals surface area contributed by atoms with E-state index in [2.05, 4.69) is 11.9 Å². The Bertz CT molecular complexity index is 347. The highest BCUT2D eigenvalue weighted by Gasteiger charge is 2.66. The van der Waals surface area contributed by atoms with E-state index in [1.807, 2.05) is 0 Å².